The summed E-state index contributed by atoms with van der Waals surface area (Å²) >= 11 is 0. The minimum Gasteiger partial charge on any atom is -0.507 e. The molecular formula is C17H19N5O2. The highest BCUT2D eigenvalue weighted by molar-refractivity contribution is 5.88. The lowest BCUT2D eigenvalue weighted by atomic mass is 9.39. The number of aromatic hydroxyl groups is 1. The highest BCUT2D eigenvalue weighted by atomic mass is 16.3. The van der Waals surface area contributed by atoms with Crippen molar-refractivity contribution >= 4 is 17.4 Å². The molecule has 1 heterocycles. The average molecular weight is 325 g/mol. The molecule has 0 aliphatic heterocycles. The molecule has 2 bridgehead atoms. The first kappa shape index (κ1) is 14.7. The van der Waals surface area contributed by atoms with Gasteiger partial charge in [-0.2, -0.15) is 0 Å². The number of nitrogens with one attached hydrogen (secondary N) is 2. The molecule has 1 amide bonds. The number of anilines is 2. The summed E-state index contributed by atoms with van der Waals surface area (Å²) < 4.78 is 0. The minimum atomic E-state index is -0.211. The quantitative estimate of drug-likeness (QED) is 0.678. The van der Waals surface area contributed by atoms with E-state index >= 15 is 0 Å². The lowest BCUT2D eigenvalue weighted by Crippen LogP contribution is -2.75. The van der Waals surface area contributed by atoms with Crippen molar-refractivity contribution in [2.75, 3.05) is 18.1 Å². The van der Waals surface area contributed by atoms with Gasteiger partial charge in [-0.05, 0) is 37.5 Å². The van der Waals surface area contributed by atoms with Crippen molar-refractivity contribution in [1.82, 2.24) is 15.5 Å². The van der Waals surface area contributed by atoms with Crippen LogP contribution < -0.4 is 16.4 Å². The first-order valence-corrected chi connectivity index (χ1v) is 7.89. The molecule has 1 aromatic carbocycles. The fraction of sp³-hybridized carbons (Fsp3) is 0.353. The van der Waals surface area contributed by atoms with Crippen LogP contribution in [0.2, 0.25) is 0 Å². The predicted octanol–water partition coefficient (Wildman–Crippen LogP) is 1.51. The number of nitrogen functional groups attached to an aromatic ring is 1. The Kier molecular flexibility index (Phi) is 2.97. The Hall–Kier alpha value is -2.83. The molecular weight excluding hydrogens is 306 g/mol. The van der Waals surface area contributed by atoms with Gasteiger partial charge in [0.1, 0.15) is 5.75 Å². The van der Waals surface area contributed by atoms with Crippen molar-refractivity contribution in [1.29, 1.82) is 0 Å². The lowest BCUT2D eigenvalue weighted by molar-refractivity contribution is -0.167. The van der Waals surface area contributed by atoms with E-state index in [-0.39, 0.29) is 22.6 Å². The topological polar surface area (TPSA) is 113 Å². The number of hydrogen-bond donors (Lipinski definition) is 4. The maximum atomic E-state index is 11.9. The van der Waals surface area contributed by atoms with Gasteiger partial charge in [0.05, 0.1) is 16.8 Å². The first-order valence-electron chi connectivity index (χ1n) is 7.89. The van der Waals surface area contributed by atoms with Gasteiger partial charge in [0, 0.05) is 18.2 Å². The Labute approximate surface area is 139 Å². The van der Waals surface area contributed by atoms with Crippen LogP contribution in [-0.4, -0.2) is 33.8 Å². The number of benzene rings is 1. The number of nitrogens with zero attached hydrogens (tertiary/aromatic N) is 2. The second-order valence-corrected chi connectivity index (χ2v) is 6.84. The Morgan fingerprint density at radius 3 is 2.62 bits per heavy atom. The van der Waals surface area contributed by atoms with Crippen molar-refractivity contribution in [3.63, 3.8) is 0 Å². The van der Waals surface area contributed by atoms with Crippen molar-refractivity contribution < 1.29 is 9.90 Å². The predicted molar refractivity (Wildman–Crippen MR) is 90.2 cm³/mol. The average Bonchev–Trinajstić information content (AvgIpc) is 2.51. The third kappa shape index (κ3) is 2.01. The molecule has 3 aliphatic rings. The number of hydrogen-bond acceptors (Lipinski definition) is 6. The SMILES string of the molecule is CNC(=O)C12CC(Nc3cc(-c4ccccc4O)nnc3N)(C1)C2. The number of nitrogens with two attached hydrogens (primary N) is 1. The normalized spacial score (nSPS) is 26.9. The third-order valence-electron chi connectivity index (χ3n) is 5.14. The summed E-state index contributed by atoms with van der Waals surface area (Å²) in [6, 6.07) is 8.76. The summed E-state index contributed by atoms with van der Waals surface area (Å²) in [6.45, 7) is 0. The molecule has 3 saturated carbocycles. The fourth-order valence-electron chi connectivity index (χ4n) is 4.04. The van der Waals surface area contributed by atoms with E-state index in [0.717, 1.165) is 19.3 Å². The molecule has 0 radical (unpaired) electrons. The van der Waals surface area contributed by atoms with Crippen molar-refractivity contribution in [2.24, 2.45) is 5.41 Å². The molecule has 0 atom stereocenters. The second-order valence-electron chi connectivity index (χ2n) is 6.84. The number of aromatic nitrogens is 2. The number of carbonyl (C=O) groups excluding carboxylic acids is 1. The smallest absolute Gasteiger partial charge is 0.226 e. The molecule has 124 valence electrons. The zero-order valence-electron chi connectivity index (χ0n) is 13.3. The second kappa shape index (κ2) is 4.83. The number of rotatable bonds is 4. The van der Waals surface area contributed by atoms with Gasteiger partial charge >= 0.3 is 0 Å². The Bertz CT molecular complexity index is 816. The number of phenolic OH excluding ortho intramolecular Hbond substituents is 1. The highest BCUT2D eigenvalue weighted by Gasteiger charge is 2.71. The molecule has 7 nitrogen and oxygen atoms in total. The summed E-state index contributed by atoms with van der Waals surface area (Å²) in [6.07, 6.45) is 2.40. The Balaban J connectivity index is 1.57. The van der Waals surface area contributed by atoms with Crippen LogP contribution in [0.5, 0.6) is 5.75 Å². The van der Waals surface area contributed by atoms with E-state index in [9.17, 15) is 9.90 Å². The van der Waals surface area contributed by atoms with Crippen molar-refractivity contribution in [3.8, 4) is 17.0 Å². The monoisotopic (exact) mass is 325 g/mol. The largest absolute Gasteiger partial charge is 0.507 e. The molecule has 24 heavy (non-hydrogen) atoms. The summed E-state index contributed by atoms with van der Waals surface area (Å²) in [7, 11) is 1.67. The molecule has 5 rings (SSSR count). The van der Waals surface area contributed by atoms with Gasteiger partial charge in [-0.1, -0.05) is 12.1 Å². The van der Waals surface area contributed by atoms with Gasteiger partial charge in [0.2, 0.25) is 5.91 Å². The van der Waals surface area contributed by atoms with Crippen molar-refractivity contribution in [2.45, 2.75) is 24.8 Å². The van der Waals surface area contributed by atoms with Crippen LogP contribution >= 0.6 is 0 Å². The van der Waals surface area contributed by atoms with Gasteiger partial charge in [0.25, 0.3) is 0 Å². The fourth-order valence-corrected chi connectivity index (χ4v) is 4.04. The maximum Gasteiger partial charge on any atom is 0.226 e. The molecule has 5 N–H and O–H groups in total. The van der Waals surface area contributed by atoms with E-state index in [1.165, 1.54) is 0 Å². The Morgan fingerprint density at radius 2 is 1.96 bits per heavy atom. The first-order chi connectivity index (χ1) is 11.5. The molecule has 0 saturated heterocycles. The standard InChI is InChI=1S/C17H19N5O2/c1-19-15(24)16-7-17(8-16,9-16)20-12-6-11(21-22-14(12)18)10-4-2-3-5-13(10)23/h2-6,23H,7-9H2,1H3,(H2,18,22)(H,19,24)(H,20,21). The zero-order chi connectivity index (χ0) is 16.9. The van der Waals surface area contributed by atoms with Gasteiger partial charge in [-0.3, -0.25) is 4.79 Å². The van der Waals surface area contributed by atoms with Crippen molar-refractivity contribution in [3.05, 3.63) is 30.3 Å². The van der Waals surface area contributed by atoms with Gasteiger partial charge in [-0.25, -0.2) is 0 Å². The van der Waals surface area contributed by atoms with Gasteiger partial charge in [-0.15, -0.1) is 10.2 Å². The summed E-state index contributed by atoms with van der Waals surface area (Å²) in [5.74, 6) is 0.571. The van der Waals surface area contributed by atoms with E-state index in [0.29, 0.717) is 22.8 Å². The van der Waals surface area contributed by atoms with Crippen LogP contribution in [0.3, 0.4) is 0 Å². The van der Waals surface area contributed by atoms with Crippen LogP contribution in [0.1, 0.15) is 19.3 Å². The van der Waals surface area contributed by atoms with E-state index in [1.54, 1.807) is 31.3 Å². The zero-order valence-corrected chi connectivity index (χ0v) is 13.3. The van der Waals surface area contributed by atoms with Crippen LogP contribution in [0, 0.1) is 5.41 Å². The molecule has 0 spiro atoms. The summed E-state index contributed by atoms with van der Waals surface area (Å²) in [5, 5.41) is 24.2. The third-order valence-corrected chi connectivity index (χ3v) is 5.14. The number of phenols is 1. The number of para-hydroxylation sites is 1. The van der Waals surface area contributed by atoms with Gasteiger partial charge in [0.15, 0.2) is 5.82 Å². The molecule has 3 fully saturated rings. The van der Waals surface area contributed by atoms with Crippen LogP contribution in [0.4, 0.5) is 11.5 Å². The van der Waals surface area contributed by atoms with E-state index in [4.69, 9.17) is 5.73 Å². The van der Waals surface area contributed by atoms with E-state index in [1.807, 2.05) is 6.07 Å². The molecule has 0 unspecified atom stereocenters. The number of amides is 1. The Morgan fingerprint density at radius 1 is 1.25 bits per heavy atom. The maximum absolute atomic E-state index is 11.9. The minimum absolute atomic E-state index is 0.0837. The van der Waals surface area contributed by atoms with Crippen LogP contribution in [0.15, 0.2) is 30.3 Å². The molecule has 2 aromatic rings. The summed E-state index contributed by atoms with van der Waals surface area (Å²) in [5.41, 5.74) is 7.50. The van der Waals surface area contributed by atoms with E-state index < -0.39 is 0 Å². The van der Waals surface area contributed by atoms with Gasteiger partial charge < -0.3 is 21.5 Å². The summed E-state index contributed by atoms with van der Waals surface area (Å²) in [4.78, 5) is 11.9. The molecule has 7 heteroatoms. The molecule has 3 aliphatic carbocycles. The highest BCUT2D eigenvalue weighted by Crippen LogP contribution is 2.68. The van der Waals surface area contributed by atoms with Crippen LogP contribution in [-0.2, 0) is 4.79 Å². The molecule has 1 aromatic heterocycles. The number of carbonyl (C=O) groups is 1. The lowest BCUT2D eigenvalue weighted by Gasteiger charge is -2.69. The van der Waals surface area contributed by atoms with E-state index in [2.05, 4.69) is 20.8 Å². The van der Waals surface area contributed by atoms with Crippen LogP contribution in [0.25, 0.3) is 11.3 Å².